The predicted octanol–water partition coefficient (Wildman–Crippen LogP) is 0.916. The lowest BCUT2D eigenvalue weighted by Crippen LogP contribution is -2.41. The minimum absolute atomic E-state index is 0.113. The number of amides is 1. The van der Waals surface area contributed by atoms with Crippen molar-refractivity contribution in [3.05, 3.63) is 0 Å². The van der Waals surface area contributed by atoms with Gasteiger partial charge in [-0.05, 0) is 6.92 Å². The summed E-state index contributed by atoms with van der Waals surface area (Å²) in [6, 6.07) is 0. The van der Waals surface area contributed by atoms with Crippen molar-refractivity contribution < 1.29 is 23.9 Å². The first kappa shape index (κ1) is 13.8. The van der Waals surface area contributed by atoms with Gasteiger partial charge in [-0.25, -0.2) is 9.59 Å². The number of ketones is 1. The van der Waals surface area contributed by atoms with Gasteiger partial charge in [-0.3, -0.25) is 4.79 Å². The van der Waals surface area contributed by atoms with E-state index in [1.54, 1.807) is 6.92 Å². The fraction of sp³-hybridized carbons (Fsp3) is 0.700. The summed E-state index contributed by atoms with van der Waals surface area (Å²) in [5.74, 6) is -0.683. The number of hydrogen-bond acceptors (Lipinski definition) is 5. The molecule has 1 atom stereocenters. The molecule has 0 spiro atoms. The number of alkyl halides is 1. The van der Waals surface area contributed by atoms with Crippen molar-refractivity contribution >= 4 is 29.4 Å². The van der Waals surface area contributed by atoms with E-state index >= 15 is 0 Å². The normalized spacial score (nSPS) is 17.5. The summed E-state index contributed by atoms with van der Waals surface area (Å²) in [5, 5.41) is 0. The Morgan fingerprint density at radius 3 is 2.53 bits per heavy atom. The Balaban J connectivity index is 2.38. The van der Waals surface area contributed by atoms with E-state index in [0.717, 1.165) is 0 Å². The van der Waals surface area contributed by atoms with E-state index < -0.39 is 17.6 Å². The van der Waals surface area contributed by atoms with Gasteiger partial charge < -0.3 is 14.4 Å². The SMILES string of the molecule is CCOC(=O)C(Cl)OC(=O)N1CCC(=O)CC1. The van der Waals surface area contributed by atoms with E-state index in [4.69, 9.17) is 16.3 Å². The van der Waals surface area contributed by atoms with Gasteiger partial charge in [-0.2, -0.15) is 0 Å². The summed E-state index contributed by atoms with van der Waals surface area (Å²) in [7, 11) is 0. The molecule has 0 radical (unpaired) electrons. The minimum Gasteiger partial charge on any atom is -0.462 e. The monoisotopic (exact) mass is 263 g/mol. The molecule has 1 fully saturated rings. The summed E-state index contributed by atoms with van der Waals surface area (Å²) in [6.45, 7) is 2.38. The maximum absolute atomic E-state index is 11.5. The van der Waals surface area contributed by atoms with Crippen molar-refractivity contribution in [2.75, 3.05) is 19.7 Å². The fourth-order valence-corrected chi connectivity index (χ4v) is 1.50. The average Bonchev–Trinajstić information content (AvgIpc) is 2.30. The molecule has 0 saturated carbocycles. The van der Waals surface area contributed by atoms with Crippen LogP contribution in [-0.2, 0) is 19.1 Å². The highest BCUT2D eigenvalue weighted by Gasteiger charge is 2.27. The second-order valence-corrected chi connectivity index (χ2v) is 3.87. The Kier molecular flexibility index (Phi) is 5.21. The second-order valence-electron chi connectivity index (χ2n) is 3.48. The maximum Gasteiger partial charge on any atom is 0.411 e. The Morgan fingerprint density at radius 1 is 1.41 bits per heavy atom. The zero-order valence-electron chi connectivity index (χ0n) is 9.48. The number of Topliss-reactive ketones (excluding diaryl/α,β-unsaturated/α-hetero) is 1. The van der Waals surface area contributed by atoms with Crippen LogP contribution in [0.2, 0.25) is 0 Å². The highest BCUT2D eigenvalue weighted by Crippen LogP contribution is 2.10. The molecule has 7 heteroatoms. The number of esters is 1. The molecule has 0 aliphatic carbocycles. The van der Waals surface area contributed by atoms with E-state index in [2.05, 4.69) is 4.74 Å². The van der Waals surface area contributed by atoms with Gasteiger partial charge in [-0.15, -0.1) is 0 Å². The number of halogens is 1. The molecule has 0 aromatic heterocycles. The van der Waals surface area contributed by atoms with Crippen LogP contribution >= 0.6 is 11.6 Å². The lowest BCUT2D eigenvalue weighted by atomic mass is 10.1. The molecular formula is C10H14ClNO5. The first-order valence-electron chi connectivity index (χ1n) is 5.32. The summed E-state index contributed by atoms with van der Waals surface area (Å²) < 4.78 is 9.29. The Labute approximate surface area is 104 Å². The maximum atomic E-state index is 11.5. The van der Waals surface area contributed by atoms with Crippen LogP contribution in [-0.4, -0.2) is 48.0 Å². The van der Waals surface area contributed by atoms with Crippen LogP contribution in [0.4, 0.5) is 4.79 Å². The van der Waals surface area contributed by atoms with Crippen LogP contribution in [0.15, 0.2) is 0 Å². The van der Waals surface area contributed by atoms with Gasteiger partial charge in [0.1, 0.15) is 5.78 Å². The predicted molar refractivity (Wildman–Crippen MR) is 58.6 cm³/mol. The molecule has 0 aromatic rings. The zero-order valence-corrected chi connectivity index (χ0v) is 10.2. The van der Waals surface area contributed by atoms with E-state index in [9.17, 15) is 14.4 Å². The van der Waals surface area contributed by atoms with Crippen molar-refractivity contribution in [3.8, 4) is 0 Å². The van der Waals surface area contributed by atoms with Crippen molar-refractivity contribution in [3.63, 3.8) is 0 Å². The van der Waals surface area contributed by atoms with E-state index in [0.29, 0.717) is 25.9 Å². The van der Waals surface area contributed by atoms with Crippen molar-refractivity contribution in [2.45, 2.75) is 25.3 Å². The van der Waals surface area contributed by atoms with Crippen molar-refractivity contribution in [1.29, 1.82) is 0 Å². The van der Waals surface area contributed by atoms with Gasteiger partial charge in [0.05, 0.1) is 6.61 Å². The average molecular weight is 264 g/mol. The van der Waals surface area contributed by atoms with Crippen molar-refractivity contribution in [1.82, 2.24) is 4.90 Å². The molecule has 0 bridgehead atoms. The quantitative estimate of drug-likeness (QED) is 0.559. The number of hydrogen-bond donors (Lipinski definition) is 0. The molecule has 1 heterocycles. The Morgan fingerprint density at radius 2 is 2.00 bits per heavy atom. The van der Waals surface area contributed by atoms with Crippen LogP contribution in [0.25, 0.3) is 0 Å². The number of carbonyl (C=O) groups excluding carboxylic acids is 3. The minimum atomic E-state index is -1.44. The number of nitrogens with zero attached hydrogens (tertiary/aromatic N) is 1. The topological polar surface area (TPSA) is 72.9 Å². The third kappa shape index (κ3) is 4.22. The molecule has 17 heavy (non-hydrogen) atoms. The van der Waals surface area contributed by atoms with Crippen LogP contribution in [0, 0.1) is 0 Å². The lowest BCUT2D eigenvalue weighted by molar-refractivity contribution is -0.149. The Bertz CT molecular complexity index is 310. The fourth-order valence-electron chi connectivity index (χ4n) is 1.36. The third-order valence-electron chi connectivity index (χ3n) is 2.26. The van der Waals surface area contributed by atoms with E-state index in [1.165, 1.54) is 4.90 Å². The number of piperidine rings is 1. The van der Waals surface area contributed by atoms with Crippen molar-refractivity contribution in [2.24, 2.45) is 0 Å². The zero-order chi connectivity index (χ0) is 12.8. The molecule has 6 nitrogen and oxygen atoms in total. The van der Waals surface area contributed by atoms with Crippen LogP contribution in [0.5, 0.6) is 0 Å². The first-order chi connectivity index (χ1) is 8.04. The molecule has 0 N–H and O–H groups in total. The van der Waals surface area contributed by atoms with Crippen LogP contribution in [0.1, 0.15) is 19.8 Å². The molecule has 96 valence electrons. The molecule has 1 unspecified atom stereocenters. The summed E-state index contributed by atoms with van der Waals surface area (Å²) >= 11 is 5.54. The van der Waals surface area contributed by atoms with Gasteiger partial charge in [0.25, 0.3) is 5.56 Å². The highest BCUT2D eigenvalue weighted by molar-refractivity contribution is 6.29. The molecule has 0 aromatic carbocycles. The highest BCUT2D eigenvalue weighted by atomic mass is 35.5. The molecule has 1 saturated heterocycles. The molecule has 1 rings (SSSR count). The number of likely N-dealkylation sites (tertiary alicyclic amines) is 1. The molecular weight excluding hydrogens is 250 g/mol. The standard InChI is InChI=1S/C10H14ClNO5/c1-2-16-9(14)8(11)17-10(15)12-5-3-7(13)4-6-12/h8H,2-6H2,1H3. The number of ether oxygens (including phenoxy) is 2. The smallest absolute Gasteiger partial charge is 0.411 e. The van der Waals surface area contributed by atoms with E-state index in [-0.39, 0.29) is 12.4 Å². The summed E-state index contributed by atoms with van der Waals surface area (Å²) in [6.07, 6.45) is -0.0892. The summed E-state index contributed by atoms with van der Waals surface area (Å²) in [5.41, 5.74) is -1.44. The summed E-state index contributed by atoms with van der Waals surface area (Å²) in [4.78, 5) is 34.9. The number of carbonyl (C=O) groups is 3. The van der Waals surface area contributed by atoms with Crippen LogP contribution < -0.4 is 0 Å². The second kappa shape index (κ2) is 6.44. The van der Waals surface area contributed by atoms with Gasteiger partial charge in [0.2, 0.25) is 0 Å². The Hall–Kier alpha value is -1.30. The molecule has 1 aliphatic heterocycles. The molecule has 1 amide bonds. The van der Waals surface area contributed by atoms with Gasteiger partial charge in [-0.1, -0.05) is 11.6 Å². The largest absolute Gasteiger partial charge is 0.462 e. The van der Waals surface area contributed by atoms with Gasteiger partial charge >= 0.3 is 12.1 Å². The van der Waals surface area contributed by atoms with Gasteiger partial charge in [0, 0.05) is 25.9 Å². The van der Waals surface area contributed by atoms with Gasteiger partial charge in [0.15, 0.2) is 0 Å². The molecule has 1 aliphatic rings. The third-order valence-corrected chi connectivity index (χ3v) is 2.52. The van der Waals surface area contributed by atoms with Crippen LogP contribution in [0.3, 0.4) is 0 Å². The lowest BCUT2D eigenvalue weighted by Gasteiger charge is -2.25. The first-order valence-corrected chi connectivity index (χ1v) is 5.76. The number of rotatable bonds is 3. The van der Waals surface area contributed by atoms with E-state index in [1.807, 2.05) is 0 Å².